The number of aromatic nitrogens is 4. The van der Waals surface area contributed by atoms with Crippen LogP contribution in [0.1, 0.15) is 17.3 Å². The second-order valence-corrected chi connectivity index (χ2v) is 7.85. The molecule has 0 amide bonds. The fourth-order valence-corrected chi connectivity index (χ4v) is 4.00. The quantitative estimate of drug-likeness (QED) is 0.380. The van der Waals surface area contributed by atoms with Crippen LogP contribution in [0.3, 0.4) is 0 Å². The minimum atomic E-state index is -0.633. The SMILES string of the molecule is CC(=O)n1nc(-c2ccccc2)c(-c2ccccc2)c(-c2nn(-c3ccccc3)cc2C#N)c1=O. The third-order valence-corrected chi connectivity index (χ3v) is 5.59. The molecule has 7 nitrogen and oxygen atoms in total. The molecule has 2 aromatic heterocycles. The Hall–Kier alpha value is -5.09. The molecule has 168 valence electrons. The number of para-hydroxylation sites is 1. The van der Waals surface area contributed by atoms with Crippen LogP contribution >= 0.6 is 0 Å². The van der Waals surface area contributed by atoms with Gasteiger partial charge in [0.15, 0.2) is 0 Å². The van der Waals surface area contributed by atoms with Gasteiger partial charge in [-0.05, 0) is 17.7 Å². The van der Waals surface area contributed by atoms with Gasteiger partial charge in [0.25, 0.3) is 5.56 Å². The van der Waals surface area contributed by atoms with Crippen molar-refractivity contribution >= 4 is 5.91 Å². The second kappa shape index (κ2) is 9.04. The minimum absolute atomic E-state index is 0.145. The van der Waals surface area contributed by atoms with E-state index in [1.807, 2.05) is 91.0 Å². The smallest absolute Gasteiger partial charge is 0.273 e. The molecule has 0 atom stereocenters. The number of benzene rings is 3. The van der Waals surface area contributed by atoms with Gasteiger partial charge in [-0.15, -0.1) is 0 Å². The summed E-state index contributed by atoms with van der Waals surface area (Å²) in [7, 11) is 0. The van der Waals surface area contributed by atoms with E-state index >= 15 is 0 Å². The predicted molar refractivity (Wildman–Crippen MR) is 133 cm³/mol. The molecule has 0 N–H and O–H groups in total. The first-order valence-corrected chi connectivity index (χ1v) is 10.9. The monoisotopic (exact) mass is 457 g/mol. The molecular formula is C28H19N5O2. The predicted octanol–water partition coefficient (Wildman–Crippen LogP) is 4.96. The Labute approximate surface area is 201 Å². The molecule has 0 saturated heterocycles. The van der Waals surface area contributed by atoms with E-state index in [0.29, 0.717) is 11.3 Å². The maximum Gasteiger partial charge on any atom is 0.284 e. The number of hydrogen-bond donors (Lipinski definition) is 0. The molecule has 5 aromatic rings. The van der Waals surface area contributed by atoms with Crippen LogP contribution in [-0.2, 0) is 0 Å². The molecule has 5 rings (SSSR count). The summed E-state index contributed by atoms with van der Waals surface area (Å²) in [5, 5.41) is 19.1. The van der Waals surface area contributed by atoms with Crippen LogP contribution in [0.4, 0.5) is 0 Å². The number of carbonyl (C=O) groups excluding carboxylic acids is 1. The molecule has 0 aliphatic heterocycles. The summed E-state index contributed by atoms with van der Waals surface area (Å²) in [6, 6.07) is 30.1. The van der Waals surface area contributed by atoms with Gasteiger partial charge in [-0.25, -0.2) is 4.68 Å². The van der Waals surface area contributed by atoms with Gasteiger partial charge in [-0.2, -0.15) is 20.1 Å². The van der Waals surface area contributed by atoms with E-state index in [1.54, 1.807) is 10.9 Å². The normalized spacial score (nSPS) is 10.6. The van der Waals surface area contributed by atoms with Crippen LogP contribution < -0.4 is 5.56 Å². The van der Waals surface area contributed by atoms with Crippen LogP contribution in [0.2, 0.25) is 0 Å². The lowest BCUT2D eigenvalue weighted by molar-refractivity contribution is 0.0915. The Balaban J connectivity index is 1.92. The first-order chi connectivity index (χ1) is 17.1. The van der Waals surface area contributed by atoms with Crippen LogP contribution in [0, 0.1) is 11.3 Å². The van der Waals surface area contributed by atoms with Crippen molar-refractivity contribution in [2.45, 2.75) is 6.92 Å². The van der Waals surface area contributed by atoms with E-state index in [2.05, 4.69) is 16.3 Å². The number of nitrogens with zero attached hydrogens (tertiary/aromatic N) is 5. The lowest BCUT2D eigenvalue weighted by atomic mass is 9.93. The highest BCUT2D eigenvalue weighted by atomic mass is 16.2. The zero-order valence-corrected chi connectivity index (χ0v) is 18.8. The summed E-state index contributed by atoms with van der Waals surface area (Å²) in [4.78, 5) is 26.2. The van der Waals surface area contributed by atoms with Crippen molar-refractivity contribution in [2.24, 2.45) is 0 Å². The molecule has 35 heavy (non-hydrogen) atoms. The van der Waals surface area contributed by atoms with E-state index in [-0.39, 0.29) is 16.8 Å². The van der Waals surface area contributed by atoms with Crippen LogP contribution in [0.5, 0.6) is 0 Å². The van der Waals surface area contributed by atoms with Crippen molar-refractivity contribution in [1.29, 1.82) is 5.26 Å². The average Bonchev–Trinajstić information content (AvgIpc) is 3.34. The summed E-state index contributed by atoms with van der Waals surface area (Å²) in [5.41, 5.74) is 3.05. The number of nitriles is 1. The van der Waals surface area contributed by atoms with Gasteiger partial charge < -0.3 is 0 Å². The van der Waals surface area contributed by atoms with Gasteiger partial charge in [0.2, 0.25) is 5.91 Å². The van der Waals surface area contributed by atoms with Crippen molar-refractivity contribution < 1.29 is 4.79 Å². The highest BCUT2D eigenvalue weighted by Crippen LogP contribution is 2.37. The third-order valence-electron chi connectivity index (χ3n) is 5.59. The lowest BCUT2D eigenvalue weighted by Gasteiger charge is -2.15. The number of carbonyl (C=O) groups is 1. The molecule has 0 radical (unpaired) electrons. The maximum absolute atomic E-state index is 13.7. The number of hydrogen-bond acceptors (Lipinski definition) is 5. The standard InChI is InChI=1S/C28H19N5O2/c1-19(34)33-28(35)25(27-22(17-29)18-32(30-27)23-15-9-4-10-16-23)24(20-11-5-2-6-12-20)26(31-33)21-13-7-3-8-14-21/h2-16,18H,1H3. The summed E-state index contributed by atoms with van der Waals surface area (Å²) >= 11 is 0. The van der Waals surface area contributed by atoms with Gasteiger partial charge in [0.05, 0.1) is 16.8 Å². The molecule has 0 aliphatic rings. The maximum atomic E-state index is 13.7. The molecule has 2 heterocycles. The Morgan fingerprint density at radius 1 is 0.771 bits per heavy atom. The fourth-order valence-electron chi connectivity index (χ4n) is 4.00. The first-order valence-electron chi connectivity index (χ1n) is 10.9. The summed E-state index contributed by atoms with van der Waals surface area (Å²) in [6.45, 7) is 1.28. The molecule has 0 aliphatic carbocycles. The highest BCUT2D eigenvalue weighted by Gasteiger charge is 2.26. The van der Waals surface area contributed by atoms with Crippen molar-refractivity contribution in [2.75, 3.05) is 0 Å². The molecule has 0 spiro atoms. The zero-order chi connectivity index (χ0) is 24.4. The molecule has 0 fully saturated rings. The summed E-state index contributed by atoms with van der Waals surface area (Å²) in [6.07, 6.45) is 1.58. The number of rotatable bonds is 4. The molecule has 7 heteroatoms. The van der Waals surface area contributed by atoms with E-state index < -0.39 is 11.5 Å². The van der Waals surface area contributed by atoms with Gasteiger partial charge in [0, 0.05) is 24.2 Å². The van der Waals surface area contributed by atoms with Gasteiger partial charge in [-0.3, -0.25) is 9.59 Å². The largest absolute Gasteiger partial charge is 0.284 e. The lowest BCUT2D eigenvalue weighted by Crippen LogP contribution is -2.30. The van der Waals surface area contributed by atoms with Crippen LogP contribution in [0.25, 0.3) is 39.3 Å². The molecule has 3 aromatic carbocycles. The highest BCUT2D eigenvalue weighted by molar-refractivity contribution is 5.93. The van der Waals surface area contributed by atoms with Crippen LogP contribution in [-0.4, -0.2) is 25.5 Å². The molecule has 0 bridgehead atoms. The van der Waals surface area contributed by atoms with E-state index in [1.165, 1.54) is 6.92 Å². The second-order valence-electron chi connectivity index (χ2n) is 7.85. The van der Waals surface area contributed by atoms with Crippen molar-refractivity contribution in [3.05, 3.63) is 113 Å². The fraction of sp³-hybridized carbons (Fsp3) is 0.0357. The van der Waals surface area contributed by atoms with Crippen LogP contribution in [0.15, 0.2) is 102 Å². The first kappa shape index (κ1) is 21.7. The van der Waals surface area contributed by atoms with E-state index in [4.69, 9.17) is 0 Å². The van der Waals surface area contributed by atoms with E-state index in [0.717, 1.165) is 21.5 Å². The van der Waals surface area contributed by atoms with Gasteiger partial charge in [0.1, 0.15) is 17.5 Å². The Bertz CT molecular complexity index is 1630. The Morgan fingerprint density at radius 3 is 1.91 bits per heavy atom. The Kier molecular flexibility index (Phi) is 5.62. The minimum Gasteiger partial charge on any atom is -0.273 e. The van der Waals surface area contributed by atoms with Crippen molar-refractivity contribution in [1.82, 2.24) is 19.6 Å². The molecule has 0 saturated carbocycles. The third kappa shape index (κ3) is 3.94. The summed E-state index contributed by atoms with van der Waals surface area (Å²) in [5.74, 6) is -0.533. The average molecular weight is 457 g/mol. The zero-order valence-electron chi connectivity index (χ0n) is 18.8. The topological polar surface area (TPSA) is 93.6 Å². The molecule has 0 unspecified atom stereocenters. The summed E-state index contributed by atoms with van der Waals surface area (Å²) < 4.78 is 2.40. The molecular weight excluding hydrogens is 438 g/mol. The van der Waals surface area contributed by atoms with Gasteiger partial charge in [-0.1, -0.05) is 78.9 Å². The van der Waals surface area contributed by atoms with Gasteiger partial charge >= 0.3 is 0 Å². The van der Waals surface area contributed by atoms with E-state index in [9.17, 15) is 14.9 Å². The Morgan fingerprint density at radius 2 is 1.34 bits per heavy atom. The van der Waals surface area contributed by atoms with Crippen molar-refractivity contribution in [3.63, 3.8) is 0 Å². The van der Waals surface area contributed by atoms with Crippen molar-refractivity contribution in [3.8, 4) is 45.4 Å².